The number of carbonyl (C=O) groups is 2. The summed E-state index contributed by atoms with van der Waals surface area (Å²) in [5.74, 6) is -5.80. The first-order valence-corrected chi connectivity index (χ1v) is 7.43. The van der Waals surface area contributed by atoms with E-state index in [-0.39, 0.29) is 29.9 Å². The Kier molecular flexibility index (Phi) is 3.41. The average molecular weight is 381 g/mol. The number of methoxy groups -OCH3 is 1. The lowest BCUT2D eigenvalue weighted by atomic mass is 10.0. The standard InChI is InChI=1S/C19H15F2NO5/c1-26-12-4-2-3-10(5-12)11-6-15(20)17(16(21)7-11)22-18(23)13-8-27-9-14(13)19(24)25/h2-7H,8-9H2,1H3,(H,22,23)(H,24,25)/i1D3,3D,4D,5D. The van der Waals surface area contributed by atoms with E-state index in [1.807, 2.05) is 5.32 Å². The Labute approximate surface area is 161 Å². The Hall–Kier alpha value is -3.26. The number of hydrogen-bond acceptors (Lipinski definition) is 4. The first-order chi connectivity index (χ1) is 15.3. The minimum absolute atomic E-state index is 0.301. The van der Waals surface area contributed by atoms with Crippen molar-refractivity contribution in [2.75, 3.05) is 25.6 Å². The number of hydrogen-bond donors (Lipinski definition) is 2. The largest absolute Gasteiger partial charge is 0.497 e. The van der Waals surface area contributed by atoms with Gasteiger partial charge in [0.15, 0.2) is 0 Å². The van der Waals surface area contributed by atoms with Crippen LogP contribution in [-0.2, 0) is 14.3 Å². The van der Waals surface area contributed by atoms with E-state index in [4.69, 9.17) is 18.1 Å². The fraction of sp³-hybridized carbons (Fsp3) is 0.158. The Morgan fingerprint density at radius 2 is 1.93 bits per heavy atom. The smallest absolute Gasteiger partial charge is 0.334 e. The summed E-state index contributed by atoms with van der Waals surface area (Å²) in [6.45, 7) is -0.696. The zero-order valence-electron chi connectivity index (χ0n) is 19.5. The van der Waals surface area contributed by atoms with Gasteiger partial charge in [0.05, 0.1) is 39.6 Å². The van der Waals surface area contributed by atoms with E-state index in [0.717, 1.165) is 6.07 Å². The van der Waals surface area contributed by atoms with Crippen LogP contribution in [0, 0.1) is 11.6 Å². The number of carbonyl (C=O) groups excluding carboxylic acids is 1. The van der Waals surface area contributed by atoms with E-state index in [2.05, 4.69) is 4.74 Å². The van der Waals surface area contributed by atoms with Gasteiger partial charge in [-0.25, -0.2) is 13.6 Å². The summed E-state index contributed by atoms with van der Waals surface area (Å²) in [6, 6.07) is 0.460. The van der Waals surface area contributed by atoms with Crippen LogP contribution in [0.1, 0.15) is 8.22 Å². The van der Waals surface area contributed by atoms with Gasteiger partial charge < -0.3 is 19.9 Å². The number of carboxylic acid groups (broad SMARTS) is 1. The highest BCUT2D eigenvalue weighted by atomic mass is 19.1. The highest BCUT2D eigenvalue weighted by molar-refractivity contribution is 6.09. The van der Waals surface area contributed by atoms with Gasteiger partial charge >= 0.3 is 5.97 Å². The normalized spacial score (nSPS) is 17.3. The molecule has 1 aliphatic heterocycles. The Morgan fingerprint density at radius 1 is 1.22 bits per heavy atom. The van der Waals surface area contributed by atoms with Gasteiger partial charge in [0.25, 0.3) is 5.91 Å². The van der Waals surface area contributed by atoms with Crippen molar-refractivity contribution in [3.8, 4) is 16.9 Å². The SMILES string of the molecule is [2H]c1cc([2H])c(-c2cc(F)c(NC(=O)C3=C(C(=O)O)COC3)c(F)c2)c([2H])c1OC([2H])([2H])[2H]. The second-order valence-corrected chi connectivity index (χ2v) is 5.39. The predicted molar refractivity (Wildman–Crippen MR) is 92.5 cm³/mol. The second-order valence-electron chi connectivity index (χ2n) is 5.39. The molecular weight excluding hydrogens is 360 g/mol. The summed E-state index contributed by atoms with van der Waals surface area (Å²) in [5, 5.41) is 11.0. The predicted octanol–water partition coefficient (Wildman–Crippen LogP) is 2.99. The number of anilines is 1. The Bertz CT molecular complexity index is 1180. The third-order valence-electron chi connectivity index (χ3n) is 3.72. The van der Waals surface area contributed by atoms with E-state index in [1.54, 1.807) is 0 Å². The van der Waals surface area contributed by atoms with Crippen molar-refractivity contribution in [1.82, 2.24) is 0 Å². The van der Waals surface area contributed by atoms with Gasteiger partial charge in [0.1, 0.15) is 23.1 Å². The van der Waals surface area contributed by atoms with Crippen molar-refractivity contribution in [3.05, 3.63) is 59.1 Å². The van der Waals surface area contributed by atoms with Gasteiger partial charge in [-0.15, -0.1) is 0 Å². The Balaban J connectivity index is 2.02. The van der Waals surface area contributed by atoms with E-state index in [9.17, 15) is 18.4 Å². The number of ether oxygens (including phenoxy) is 2. The van der Waals surface area contributed by atoms with Crippen LogP contribution in [0.2, 0.25) is 0 Å². The van der Waals surface area contributed by atoms with E-state index >= 15 is 0 Å². The van der Waals surface area contributed by atoms with Gasteiger partial charge in [-0.3, -0.25) is 4.79 Å². The number of carboxylic acids is 1. The molecule has 0 atom stereocenters. The van der Waals surface area contributed by atoms with Crippen LogP contribution in [0.25, 0.3) is 11.1 Å². The van der Waals surface area contributed by atoms with Crippen molar-refractivity contribution in [2.24, 2.45) is 0 Å². The van der Waals surface area contributed by atoms with Gasteiger partial charge in [-0.2, -0.15) is 0 Å². The van der Waals surface area contributed by atoms with Gasteiger partial charge in [-0.1, -0.05) is 12.1 Å². The molecule has 2 aromatic rings. The fourth-order valence-corrected chi connectivity index (χ4v) is 2.42. The van der Waals surface area contributed by atoms with E-state index in [0.29, 0.717) is 12.1 Å². The number of nitrogens with one attached hydrogen (secondary N) is 1. The zero-order valence-corrected chi connectivity index (χ0v) is 13.5. The van der Waals surface area contributed by atoms with Gasteiger partial charge in [0, 0.05) is 0 Å². The van der Waals surface area contributed by atoms with Crippen molar-refractivity contribution in [2.45, 2.75) is 0 Å². The van der Waals surface area contributed by atoms with Crippen LogP contribution in [-0.4, -0.2) is 37.2 Å². The van der Waals surface area contributed by atoms with Crippen LogP contribution < -0.4 is 10.1 Å². The molecule has 0 unspecified atom stereocenters. The quantitative estimate of drug-likeness (QED) is 0.832. The van der Waals surface area contributed by atoms with Gasteiger partial charge in [0.2, 0.25) is 0 Å². The molecule has 0 radical (unpaired) electrons. The average Bonchev–Trinajstić information content (AvgIpc) is 3.17. The molecule has 0 saturated heterocycles. The van der Waals surface area contributed by atoms with Crippen LogP contribution in [0.15, 0.2) is 47.5 Å². The first kappa shape index (κ1) is 12.2. The van der Waals surface area contributed by atoms with Crippen LogP contribution in [0.5, 0.6) is 5.75 Å². The van der Waals surface area contributed by atoms with Crippen LogP contribution in [0.4, 0.5) is 14.5 Å². The molecule has 1 amide bonds. The summed E-state index contributed by atoms with van der Waals surface area (Å²) >= 11 is 0. The van der Waals surface area contributed by atoms with Crippen molar-refractivity contribution >= 4 is 17.6 Å². The molecule has 27 heavy (non-hydrogen) atoms. The second kappa shape index (κ2) is 7.55. The van der Waals surface area contributed by atoms with Crippen LogP contribution in [0.3, 0.4) is 0 Å². The maximum atomic E-state index is 14.7. The van der Waals surface area contributed by atoms with E-state index in [1.165, 1.54) is 0 Å². The number of amides is 1. The molecule has 1 heterocycles. The summed E-state index contributed by atoms with van der Waals surface area (Å²) < 4.78 is 84.3. The molecule has 2 N–H and O–H groups in total. The number of halogens is 2. The number of aliphatic carboxylic acids is 1. The molecule has 3 rings (SSSR count). The van der Waals surface area contributed by atoms with Gasteiger partial charge in [-0.05, 0) is 35.3 Å². The maximum absolute atomic E-state index is 14.7. The van der Waals surface area contributed by atoms with Crippen LogP contribution >= 0.6 is 0 Å². The lowest BCUT2D eigenvalue weighted by Gasteiger charge is -2.11. The molecule has 8 heteroatoms. The molecule has 140 valence electrons. The third-order valence-corrected chi connectivity index (χ3v) is 3.72. The highest BCUT2D eigenvalue weighted by Gasteiger charge is 2.27. The molecule has 0 bridgehead atoms. The topological polar surface area (TPSA) is 84.9 Å². The molecule has 1 aliphatic rings. The minimum Gasteiger partial charge on any atom is -0.497 e. The lowest BCUT2D eigenvalue weighted by molar-refractivity contribution is -0.133. The molecule has 0 spiro atoms. The van der Waals surface area contributed by atoms with Crippen molar-refractivity contribution in [1.29, 1.82) is 0 Å². The zero-order chi connectivity index (χ0) is 24.7. The summed E-state index contributed by atoms with van der Waals surface area (Å²) in [4.78, 5) is 23.5. The molecule has 0 aromatic heterocycles. The monoisotopic (exact) mass is 381 g/mol. The first-order valence-electron chi connectivity index (χ1n) is 10.4. The fourth-order valence-electron chi connectivity index (χ4n) is 2.42. The van der Waals surface area contributed by atoms with Crippen molar-refractivity contribution < 1.29 is 41.2 Å². The lowest BCUT2D eigenvalue weighted by Crippen LogP contribution is -2.20. The van der Waals surface area contributed by atoms with E-state index < -0.39 is 65.7 Å². The third kappa shape index (κ3) is 3.80. The molecular formula is C19H15F2NO5. The number of benzene rings is 2. The van der Waals surface area contributed by atoms with Crippen molar-refractivity contribution in [3.63, 3.8) is 0 Å². The highest BCUT2D eigenvalue weighted by Crippen LogP contribution is 2.30. The molecule has 0 saturated carbocycles. The maximum Gasteiger partial charge on any atom is 0.334 e. The molecule has 6 nitrogen and oxygen atoms in total. The molecule has 0 aliphatic carbocycles. The summed E-state index contributed by atoms with van der Waals surface area (Å²) in [5.41, 5.74) is -2.30. The summed E-state index contributed by atoms with van der Waals surface area (Å²) in [6.07, 6.45) is 0. The number of rotatable bonds is 5. The minimum atomic E-state index is -3.01. The molecule has 2 aromatic carbocycles. The summed E-state index contributed by atoms with van der Waals surface area (Å²) in [7, 11) is -3.01. The molecule has 0 fully saturated rings. The Morgan fingerprint density at radius 3 is 2.59 bits per heavy atom.